The number of fused-ring (bicyclic) bond motifs is 1. The monoisotopic (exact) mass is 455 g/mol. The Morgan fingerprint density at radius 1 is 1.03 bits per heavy atom. The minimum Gasteiger partial charge on any atom is -0.496 e. The van der Waals surface area contributed by atoms with Crippen molar-refractivity contribution in [3.63, 3.8) is 0 Å². The number of carbonyl (C=O) groups is 2. The van der Waals surface area contributed by atoms with Gasteiger partial charge in [-0.3, -0.25) is 9.78 Å². The van der Waals surface area contributed by atoms with Gasteiger partial charge in [0, 0.05) is 36.4 Å². The zero-order valence-corrected chi connectivity index (χ0v) is 18.7. The molecule has 7 heteroatoms. The number of ether oxygens (including phenoxy) is 1. The summed E-state index contributed by atoms with van der Waals surface area (Å²) in [6, 6.07) is 19.8. The molecular formula is C27H25N3O4. The summed E-state index contributed by atoms with van der Waals surface area (Å²) in [4.78, 5) is 28.8. The number of rotatable bonds is 8. The molecule has 4 N–H and O–H groups in total. The Labute approximate surface area is 197 Å². The lowest BCUT2D eigenvalue weighted by molar-refractivity contribution is -0.117. The van der Waals surface area contributed by atoms with Gasteiger partial charge in [-0.1, -0.05) is 30.3 Å². The zero-order valence-electron chi connectivity index (χ0n) is 18.7. The standard InChI is InChI=1S/C27H25N3O4/c1-34-25-9-7-19(27(32)33)13-21(25)12-18-4-2-3-5-23(18)24(15-28)26(31)30-22-8-6-20-16-29-11-10-17(20)14-22/h2-11,13-14,16,24H,12,15,28H2,1H3,(H,30,31)(H,32,33). The third kappa shape index (κ3) is 4.89. The lowest BCUT2D eigenvalue weighted by atomic mass is 9.89. The minimum absolute atomic E-state index is 0.118. The van der Waals surface area contributed by atoms with Crippen LogP contribution in [-0.2, 0) is 11.2 Å². The van der Waals surface area contributed by atoms with E-state index in [9.17, 15) is 14.7 Å². The second kappa shape index (κ2) is 10.1. The van der Waals surface area contributed by atoms with Gasteiger partial charge in [0.25, 0.3) is 0 Å². The quantitative estimate of drug-likeness (QED) is 0.367. The van der Waals surface area contributed by atoms with Gasteiger partial charge in [-0.2, -0.15) is 0 Å². The molecule has 4 aromatic rings. The Morgan fingerprint density at radius 2 is 1.85 bits per heavy atom. The fourth-order valence-electron chi connectivity index (χ4n) is 4.06. The highest BCUT2D eigenvalue weighted by Gasteiger charge is 2.23. The Balaban J connectivity index is 1.63. The van der Waals surface area contributed by atoms with Crippen LogP contribution < -0.4 is 15.8 Å². The molecule has 1 heterocycles. The van der Waals surface area contributed by atoms with Crippen LogP contribution in [-0.4, -0.2) is 35.6 Å². The van der Waals surface area contributed by atoms with E-state index in [4.69, 9.17) is 10.5 Å². The number of anilines is 1. The number of aromatic carboxylic acids is 1. The molecule has 1 aromatic heterocycles. The van der Waals surface area contributed by atoms with Crippen LogP contribution in [0.25, 0.3) is 10.8 Å². The molecule has 1 amide bonds. The van der Waals surface area contributed by atoms with Gasteiger partial charge in [0.15, 0.2) is 0 Å². The summed E-state index contributed by atoms with van der Waals surface area (Å²) < 4.78 is 5.44. The lowest BCUT2D eigenvalue weighted by Gasteiger charge is -2.20. The van der Waals surface area contributed by atoms with Crippen molar-refractivity contribution in [1.82, 2.24) is 4.98 Å². The van der Waals surface area contributed by atoms with Crippen molar-refractivity contribution in [1.29, 1.82) is 0 Å². The Bertz CT molecular complexity index is 1350. The normalized spacial score (nSPS) is 11.7. The van der Waals surface area contributed by atoms with Gasteiger partial charge in [0.05, 0.1) is 18.6 Å². The number of pyridine rings is 1. The first-order valence-electron chi connectivity index (χ1n) is 10.8. The van der Waals surface area contributed by atoms with Gasteiger partial charge in [-0.25, -0.2) is 4.79 Å². The molecule has 0 saturated heterocycles. The number of aromatic nitrogens is 1. The molecule has 0 aliphatic carbocycles. The topological polar surface area (TPSA) is 115 Å². The molecule has 0 aliphatic rings. The molecule has 1 atom stereocenters. The highest BCUT2D eigenvalue weighted by molar-refractivity contribution is 5.98. The van der Waals surface area contributed by atoms with Crippen LogP contribution >= 0.6 is 0 Å². The summed E-state index contributed by atoms with van der Waals surface area (Å²) in [6.07, 6.45) is 3.88. The maximum atomic E-state index is 13.2. The van der Waals surface area contributed by atoms with Gasteiger partial charge in [0.1, 0.15) is 5.75 Å². The maximum absolute atomic E-state index is 13.2. The van der Waals surface area contributed by atoms with Crippen molar-refractivity contribution in [2.75, 3.05) is 19.0 Å². The first-order chi connectivity index (χ1) is 16.5. The maximum Gasteiger partial charge on any atom is 0.335 e. The van der Waals surface area contributed by atoms with Crippen LogP contribution in [0.2, 0.25) is 0 Å². The number of hydrogen-bond acceptors (Lipinski definition) is 5. The van der Waals surface area contributed by atoms with Crippen molar-refractivity contribution < 1.29 is 19.4 Å². The summed E-state index contributed by atoms with van der Waals surface area (Å²) in [5.74, 6) is -1.23. The van der Waals surface area contributed by atoms with Crippen molar-refractivity contribution in [2.45, 2.75) is 12.3 Å². The largest absolute Gasteiger partial charge is 0.496 e. The third-order valence-corrected chi connectivity index (χ3v) is 5.80. The summed E-state index contributed by atoms with van der Waals surface area (Å²) in [7, 11) is 1.54. The summed E-state index contributed by atoms with van der Waals surface area (Å²) in [5.41, 5.74) is 9.29. The van der Waals surface area contributed by atoms with Gasteiger partial charge in [-0.15, -0.1) is 0 Å². The molecule has 0 aliphatic heterocycles. The van der Waals surface area contributed by atoms with E-state index < -0.39 is 11.9 Å². The first-order valence-corrected chi connectivity index (χ1v) is 10.8. The molecule has 1 unspecified atom stereocenters. The number of methoxy groups -OCH3 is 1. The van der Waals surface area contributed by atoms with Crippen LogP contribution in [0.15, 0.2) is 79.1 Å². The molecule has 0 radical (unpaired) electrons. The van der Waals surface area contributed by atoms with Crippen LogP contribution in [0.3, 0.4) is 0 Å². The molecule has 0 spiro atoms. The predicted molar refractivity (Wildman–Crippen MR) is 131 cm³/mol. The smallest absolute Gasteiger partial charge is 0.335 e. The number of nitrogens with zero attached hydrogens (tertiary/aromatic N) is 1. The van der Waals surface area contributed by atoms with E-state index in [2.05, 4.69) is 10.3 Å². The predicted octanol–water partition coefficient (Wildman–Crippen LogP) is 4.21. The molecular weight excluding hydrogens is 430 g/mol. The molecule has 0 fully saturated rings. The number of amides is 1. The number of nitrogens with one attached hydrogen (secondary N) is 1. The second-order valence-electron chi connectivity index (χ2n) is 7.92. The fraction of sp³-hybridized carbons (Fsp3) is 0.148. The van der Waals surface area contributed by atoms with Crippen LogP contribution in [0.5, 0.6) is 5.75 Å². The molecule has 34 heavy (non-hydrogen) atoms. The Morgan fingerprint density at radius 3 is 2.62 bits per heavy atom. The van der Waals surface area contributed by atoms with Crippen molar-refractivity contribution in [3.05, 3.63) is 101 Å². The zero-order chi connectivity index (χ0) is 24.1. The van der Waals surface area contributed by atoms with Crippen molar-refractivity contribution in [2.24, 2.45) is 5.73 Å². The fourth-order valence-corrected chi connectivity index (χ4v) is 4.06. The van der Waals surface area contributed by atoms with Crippen LogP contribution in [0.4, 0.5) is 5.69 Å². The van der Waals surface area contributed by atoms with Crippen LogP contribution in [0.1, 0.15) is 33.0 Å². The molecule has 3 aromatic carbocycles. The van der Waals surface area contributed by atoms with Crippen molar-refractivity contribution >= 4 is 28.3 Å². The van der Waals surface area contributed by atoms with E-state index >= 15 is 0 Å². The number of carboxylic acids is 1. The SMILES string of the molecule is COc1ccc(C(=O)O)cc1Cc1ccccc1C(CN)C(=O)Nc1ccc2cnccc2c1. The molecule has 172 valence electrons. The van der Waals surface area contributed by atoms with E-state index in [0.717, 1.165) is 21.9 Å². The van der Waals surface area contributed by atoms with Gasteiger partial charge >= 0.3 is 5.97 Å². The summed E-state index contributed by atoms with van der Waals surface area (Å²) in [6.45, 7) is 0.118. The van der Waals surface area contributed by atoms with E-state index in [1.165, 1.54) is 6.07 Å². The third-order valence-electron chi connectivity index (χ3n) is 5.80. The van der Waals surface area contributed by atoms with E-state index in [1.54, 1.807) is 31.6 Å². The number of hydrogen-bond donors (Lipinski definition) is 3. The van der Waals surface area contributed by atoms with Crippen molar-refractivity contribution in [3.8, 4) is 5.75 Å². The van der Waals surface area contributed by atoms with Gasteiger partial charge in [0.2, 0.25) is 5.91 Å². The minimum atomic E-state index is -1.01. The number of carboxylic acid groups (broad SMARTS) is 1. The highest BCUT2D eigenvalue weighted by Crippen LogP contribution is 2.28. The van der Waals surface area contributed by atoms with E-state index in [1.807, 2.05) is 48.5 Å². The number of benzene rings is 3. The Kier molecular flexibility index (Phi) is 6.85. The molecule has 7 nitrogen and oxygen atoms in total. The van der Waals surface area contributed by atoms with Gasteiger partial charge in [-0.05, 0) is 58.5 Å². The average molecular weight is 456 g/mol. The summed E-state index contributed by atoms with van der Waals surface area (Å²) in [5, 5.41) is 14.3. The average Bonchev–Trinajstić information content (AvgIpc) is 2.85. The second-order valence-corrected chi connectivity index (χ2v) is 7.92. The summed E-state index contributed by atoms with van der Waals surface area (Å²) >= 11 is 0. The molecule has 4 rings (SSSR count). The lowest BCUT2D eigenvalue weighted by Crippen LogP contribution is -2.28. The number of nitrogens with two attached hydrogens (primary N) is 1. The highest BCUT2D eigenvalue weighted by atomic mass is 16.5. The Hall–Kier alpha value is -4.23. The molecule has 0 bridgehead atoms. The van der Waals surface area contributed by atoms with E-state index in [-0.39, 0.29) is 18.0 Å². The van der Waals surface area contributed by atoms with Crippen LogP contribution in [0, 0.1) is 0 Å². The molecule has 0 saturated carbocycles. The van der Waals surface area contributed by atoms with E-state index in [0.29, 0.717) is 23.4 Å². The number of carbonyl (C=O) groups excluding carboxylic acids is 1. The first kappa shape index (κ1) is 22.9. The van der Waals surface area contributed by atoms with Gasteiger partial charge < -0.3 is 20.9 Å².